The number of hydrogen-bond acceptors (Lipinski definition) is 4. The van der Waals surface area contributed by atoms with Gasteiger partial charge in [-0.3, -0.25) is 0 Å². The fourth-order valence-electron chi connectivity index (χ4n) is 2.54. The number of ether oxygens (including phenoxy) is 1. The summed E-state index contributed by atoms with van der Waals surface area (Å²) in [6.45, 7) is 3.72. The van der Waals surface area contributed by atoms with Crippen LogP contribution in [0.5, 0.6) is 5.75 Å². The van der Waals surface area contributed by atoms with Crippen molar-refractivity contribution in [2.45, 2.75) is 18.2 Å². The van der Waals surface area contributed by atoms with Crippen LogP contribution in [0.2, 0.25) is 0 Å². The Balaban J connectivity index is 2.21. The molecule has 0 aliphatic carbocycles. The SMILES string of the molecule is COc1ccc(S(=O)(=O)N2CCC(C)C(CN)C2)cc1. The second-order valence-corrected chi connectivity index (χ2v) is 7.24. The van der Waals surface area contributed by atoms with Crippen LogP contribution in [0.15, 0.2) is 29.2 Å². The molecule has 5 nitrogen and oxygen atoms in total. The summed E-state index contributed by atoms with van der Waals surface area (Å²) in [5.74, 6) is 1.36. The van der Waals surface area contributed by atoms with Gasteiger partial charge in [0, 0.05) is 13.1 Å². The molecule has 1 aromatic carbocycles. The van der Waals surface area contributed by atoms with Crippen LogP contribution in [0.3, 0.4) is 0 Å². The van der Waals surface area contributed by atoms with Gasteiger partial charge in [-0.2, -0.15) is 4.31 Å². The first kappa shape index (κ1) is 15.3. The maximum Gasteiger partial charge on any atom is 0.243 e. The molecular weight excluding hydrogens is 276 g/mol. The molecule has 1 aliphatic heterocycles. The van der Waals surface area contributed by atoms with E-state index in [9.17, 15) is 8.42 Å². The lowest BCUT2D eigenvalue weighted by atomic mass is 9.88. The molecule has 0 radical (unpaired) electrons. The van der Waals surface area contributed by atoms with Crippen molar-refractivity contribution in [3.05, 3.63) is 24.3 Å². The predicted molar refractivity (Wildman–Crippen MR) is 78.1 cm³/mol. The van der Waals surface area contributed by atoms with E-state index in [2.05, 4.69) is 6.92 Å². The number of sulfonamides is 1. The fraction of sp³-hybridized carbons (Fsp3) is 0.571. The second kappa shape index (κ2) is 6.11. The Morgan fingerprint density at radius 1 is 1.35 bits per heavy atom. The highest BCUT2D eigenvalue weighted by Gasteiger charge is 2.32. The van der Waals surface area contributed by atoms with E-state index in [1.807, 2.05) is 0 Å². The molecule has 2 unspecified atom stereocenters. The monoisotopic (exact) mass is 298 g/mol. The van der Waals surface area contributed by atoms with Crippen molar-refractivity contribution in [1.29, 1.82) is 0 Å². The molecule has 6 heteroatoms. The smallest absolute Gasteiger partial charge is 0.243 e. The van der Waals surface area contributed by atoms with Crippen LogP contribution >= 0.6 is 0 Å². The molecule has 1 saturated heterocycles. The molecule has 2 N–H and O–H groups in total. The lowest BCUT2D eigenvalue weighted by Gasteiger charge is -2.35. The Kier molecular flexibility index (Phi) is 4.67. The average Bonchev–Trinajstić information content (AvgIpc) is 2.47. The van der Waals surface area contributed by atoms with Crippen LogP contribution < -0.4 is 10.5 Å². The Morgan fingerprint density at radius 2 is 2.00 bits per heavy atom. The second-order valence-electron chi connectivity index (χ2n) is 5.30. The van der Waals surface area contributed by atoms with Crippen molar-refractivity contribution in [2.75, 3.05) is 26.7 Å². The van der Waals surface area contributed by atoms with Gasteiger partial charge >= 0.3 is 0 Å². The summed E-state index contributed by atoms with van der Waals surface area (Å²) < 4.78 is 31.8. The third kappa shape index (κ3) is 2.97. The Morgan fingerprint density at radius 3 is 2.55 bits per heavy atom. The minimum Gasteiger partial charge on any atom is -0.497 e. The standard InChI is InChI=1S/C14H22N2O3S/c1-11-7-8-16(10-12(11)9-15)20(17,18)14-5-3-13(19-2)4-6-14/h3-6,11-12H,7-10,15H2,1-2H3. The number of nitrogens with zero attached hydrogens (tertiary/aromatic N) is 1. The van der Waals surface area contributed by atoms with Crippen LogP contribution in [0.25, 0.3) is 0 Å². The summed E-state index contributed by atoms with van der Waals surface area (Å²) in [5, 5.41) is 0. The maximum absolute atomic E-state index is 12.6. The molecule has 112 valence electrons. The van der Waals surface area contributed by atoms with Gasteiger partial charge in [0.25, 0.3) is 0 Å². The van der Waals surface area contributed by atoms with E-state index < -0.39 is 10.0 Å². The first-order valence-electron chi connectivity index (χ1n) is 6.83. The minimum atomic E-state index is -3.43. The van der Waals surface area contributed by atoms with Gasteiger partial charge in [0.15, 0.2) is 0 Å². The third-order valence-electron chi connectivity index (χ3n) is 4.08. The molecule has 1 fully saturated rings. The highest BCUT2D eigenvalue weighted by molar-refractivity contribution is 7.89. The molecule has 0 amide bonds. The summed E-state index contributed by atoms with van der Waals surface area (Å²) in [7, 11) is -1.87. The molecule has 0 aromatic heterocycles. The van der Waals surface area contributed by atoms with Crippen molar-refractivity contribution in [3.63, 3.8) is 0 Å². The summed E-state index contributed by atoms with van der Waals surface area (Å²) in [4.78, 5) is 0.309. The predicted octanol–water partition coefficient (Wildman–Crippen LogP) is 1.30. The van der Waals surface area contributed by atoms with Crippen molar-refractivity contribution in [1.82, 2.24) is 4.31 Å². The van der Waals surface area contributed by atoms with E-state index in [-0.39, 0.29) is 5.92 Å². The summed E-state index contributed by atoms with van der Waals surface area (Å²) >= 11 is 0. The van der Waals surface area contributed by atoms with Gasteiger partial charge in [0.2, 0.25) is 10.0 Å². The van der Waals surface area contributed by atoms with Crippen LogP contribution in [0, 0.1) is 11.8 Å². The van der Waals surface area contributed by atoms with Gasteiger partial charge in [-0.1, -0.05) is 6.92 Å². The molecule has 0 spiro atoms. The van der Waals surface area contributed by atoms with Crippen LogP contribution in [0.4, 0.5) is 0 Å². The first-order valence-corrected chi connectivity index (χ1v) is 8.27. The van der Waals surface area contributed by atoms with E-state index in [4.69, 9.17) is 10.5 Å². The lowest BCUT2D eigenvalue weighted by Crippen LogP contribution is -2.45. The molecule has 1 aromatic rings. The van der Waals surface area contributed by atoms with E-state index in [0.29, 0.717) is 36.2 Å². The van der Waals surface area contributed by atoms with Gasteiger partial charge in [-0.25, -0.2) is 8.42 Å². The maximum atomic E-state index is 12.6. The van der Waals surface area contributed by atoms with Crippen LogP contribution in [-0.4, -0.2) is 39.5 Å². The van der Waals surface area contributed by atoms with Gasteiger partial charge in [0.05, 0.1) is 12.0 Å². The number of nitrogens with two attached hydrogens (primary N) is 1. The Bertz CT molecular complexity index is 542. The zero-order chi connectivity index (χ0) is 14.8. The normalized spacial score (nSPS) is 24.6. The molecule has 20 heavy (non-hydrogen) atoms. The van der Waals surface area contributed by atoms with E-state index in [1.54, 1.807) is 35.7 Å². The molecule has 1 aliphatic rings. The Labute approximate surface area is 120 Å². The summed E-state index contributed by atoms with van der Waals surface area (Å²) in [5.41, 5.74) is 5.74. The Hall–Kier alpha value is -1.11. The number of methoxy groups -OCH3 is 1. The molecule has 0 saturated carbocycles. The molecule has 1 heterocycles. The summed E-state index contributed by atoms with van der Waals surface area (Å²) in [6, 6.07) is 6.51. The van der Waals surface area contributed by atoms with Crippen LogP contribution in [0.1, 0.15) is 13.3 Å². The van der Waals surface area contributed by atoms with Gasteiger partial charge in [0.1, 0.15) is 5.75 Å². The van der Waals surface area contributed by atoms with E-state index >= 15 is 0 Å². The van der Waals surface area contributed by atoms with E-state index in [0.717, 1.165) is 6.42 Å². The largest absolute Gasteiger partial charge is 0.497 e. The highest BCUT2D eigenvalue weighted by atomic mass is 32.2. The average molecular weight is 298 g/mol. The van der Waals surface area contributed by atoms with E-state index in [1.165, 1.54) is 0 Å². The fourth-order valence-corrected chi connectivity index (χ4v) is 4.05. The van der Waals surface area contributed by atoms with Crippen molar-refractivity contribution < 1.29 is 13.2 Å². The van der Waals surface area contributed by atoms with Crippen molar-refractivity contribution in [2.24, 2.45) is 17.6 Å². The molecule has 0 bridgehead atoms. The third-order valence-corrected chi connectivity index (χ3v) is 5.96. The lowest BCUT2D eigenvalue weighted by molar-refractivity contribution is 0.203. The summed E-state index contributed by atoms with van der Waals surface area (Å²) in [6.07, 6.45) is 0.858. The number of rotatable bonds is 4. The van der Waals surface area contributed by atoms with Gasteiger partial charge < -0.3 is 10.5 Å². The zero-order valence-electron chi connectivity index (χ0n) is 12.0. The first-order chi connectivity index (χ1) is 9.48. The minimum absolute atomic E-state index is 0.233. The number of piperidine rings is 1. The molecule has 2 rings (SSSR count). The number of benzene rings is 1. The topological polar surface area (TPSA) is 72.6 Å². The van der Waals surface area contributed by atoms with Crippen LogP contribution in [-0.2, 0) is 10.0 Å². The molecule has 2 atom stereocenters. The van der Waals surface area contributed by atoms with Crippen molar-refractivity contribution in [3.8, 4) is 5.75 Å². The van der Waals surface area contributed by atoms with Crippen molar-refractivity contribution >= 4 is 10.0 Å². The van der Waals surface area contributed by atoms with Gasteiger partial charge in [-0.15, -0.1) is 0 Å². The highest BCUT2D eigenvalue weighted by Crippen LogP contribution is 2.27. The van der Waals surface area contributed by atoms with Gasteiger partial charge in [-0.05, 0) is 49.1 Å². The quantitative estimate of drug-likeness (QED) is 0.909. The zero-order valence-corrected chi connectivity index (χ0v) is 12.8. The molecular formula is C14H22N2O3S. The number of hydrogen-bond donors (Lipinski definition) is 1.